The number of hydrogen-bond donors (Lipinski definition) is 1. The van der Waals surface area contributed by atoms with Crippen molar-refractivity contribution in [3.8, 4) is 23.3 Å². The zero-order chi connectivity index (χ0) is 12.3. The van der Waals surface area contributed by atoms with E-state index in [1.807, 2.05) is 0 Å². The smallest absolute Gasteiger partial charge is 0.288 e. The van der Waals surface area contributed by atoms with Crippen LogP contribution in [0.3, 0.4) is 0 Å². The molecule has 6 nitrogen and oxygen atoms in total. The van der Waals surface area contributed by atoms with Gasteiger partial charge in [0.1, 0.15) is 5.56 Å². The van der Waals surface area contributed by atoms with E-state index in [4.69, 9.17) is 14.6 Å². The molecule has 0 fully saturated rings. The topological polar surface area (TPSA) is 81.8 Å². The minimum absolute atomic E-state index is 0.0556. The fraction of sp³-hybridized carbons (Fsp3) is 0.273. The number of benzene rings is 1. The summed E-state index contributed by atoms with van der Waals surface area (Å²) >= 11 is 0. The molecule has 0 saturated carbocycles. The van der Waals surface area contributed by atoms with Gasteiger partial charge in [0.15, 0.2) is 11.5 Å². The highest BCUT2D eigenvalue weighted by Crippen LogP contribution is 2.37. The molecule has 0 aromatic heterocycles. The SMILES string of the molecule is O=[N+]([O-])c1cc2c(cc1C#CCCO)OCO2. The number of rotatable bonds is 2. The van der Waals surface area contributed by atoms with Gasteiger partial charge in [0.05, 0.1) is 17.6 Å². The fourth-order valence-electron chi connectivity index (χ4n) is 1.40. The van der Waals surface area contributed by atoms with Crippen LogP contribution in [-0.2, 0) is 0 Å². The Kier molecular flexibility index (Phi) is 3.12. The minimum Gasteiger partial charge on any atom is -0.454 e. The van der Waals surface area contributed by atoms with Gasteiger partial charge < -0.3 is 14.6 Å². The molecule has 6 heteroatoms. The lowest BCUT2D eigenvalue weighted by Crippen LogP contribution is -1.93. The monoisotopic (exact) mass is 235 g/mol. The van der Waals surface area contributed by atoms with E-state index >= 15 is 0 Å². The predicted octanol–water partition coefficient (Wildman–Crippen LogP) is 1.06. The molecule has 1 aromatic rings. The first-order valence-electron chi connectivity index (χ1n) is 4.90. The molecule has 0 radical (unpaired) electrons. The van der Waals surface area contributed by atoms with Crippen LogP contribution < -0.4 is 9.47 Å². The van der Waals surface area contributed by atoms with Crippen molar-refractivity contribution in [2.45, 2.75) is 6.42 Å². The molecular formula is C11H9NO5. The summed E-state index contributed by atoms with van der Waals surface area (Å²) in [4.78, 5) is 10.3. The molecule has 0 bridgehead atoms. The molecule has 0 unspecified atom stereocenters. The van der Waals surface area contributed by atoms with Crippen LogP contribution in [-0.4, -0.2) is 23.4 Å². The van der Waals surface area contributed by atoms with Gasteiger partial charge >= 0.3 is 0 Å². The Hall–Kier alpha value is -2.26. The number of nitrogens with zero attached hydrogens (tertiary/aromatic N) is 1. The van der Waals surface area contributed by atoms with Gasteiger partial charge in [0.2, 0.25) is 6.79 Å². The number of hydrogen-bond acceptors (Lipinski definition) is 5. The molecule has 0 atom stereocenters. The number of ether oxygens (including phenoxy) is 2. The summed E-state index contributed by atoms with van der Waals surface area (Å²) in [5, 5.41) is 19.4. The van der Waals surface area contributed by atoms with E-state index in [2.05, 4.69) is 11.8 Å². The molecule has 0 saturated heterocycles. The molecule has 0 spiro atoms. The molecule has 2 rings (SSSR count). The van der Waals surface area contributed by atoms with Gasteiger partial charge in [0, 0.05) is 12.5 Å². The van der Waals surface area contributed by atoms with E-state index in [-0.39, 0.29) is 31.1 Å². The van der Waals surface area contributed by atoms with Crippen LogP contribution in [0.2, 0.25) is 0 Å². The summed E-state index contributed by atoms with van der Waals surface area (Å²) in [6, 6.07) is 2.77. The summed E-state index contributed by atoms with van der Waals surface area (Å²) in [7, 11) is 0. The normalized spacial score (nSPS) is 11.8. The van der Waals surface area contributed by atoms with Crippen molar-refractivity contribution in [2.75, 3.05) is 13.4 Å². The average molecular weight is 235 g/mol. The Morgan fingerprint density at radius 1 is 1.41 bits per heavy atom. The summed E-state index contributed by atoms with van der Waals surface area (Å²) in [5.74, 6) is 6.07. The molecule has 17 heavy (non-hydrogen) atoms. The fourth-order valence-corrected chi connectivity index (χ4v) is 1.40. The van der Waals surface area contributed by atoms with Gasteiger partial charge in [-0.1, -0.05) is 11.8 Å². The lowest BCUT2D eigenvalue weighted by molar-refractivity contribution is -0.385. The van der Waals surface area contributed by atoms with E-state index in [9.17, 15) is 10.1 Å². The van der Waals surface area contributed by atoms with Crippen LogP contribution in [0.4, 0.5) is 5.69 Å². The highest BCUT2D eigenvalue weighted by atomic mass is 16.7. The molecule has 1 N–H and O–H groups in total. The van der Waals surface area contributed by atoms with E-state index in [1.54, 1.807) is 0 Å². The van der Waals surface area contributed by atoms with Gasteiger partial charge in [-0.25, -0.2) is 0 Å². The van der Waals surface area contributed by atoms with Crippen LogP contribution in [0.1, 0.15) is 12.0 Å². The molecule has 88 valence electrons. The van der Waals surface area contributed by atoms with Crippen molar-refractivity contribution in [1.29, 1.82) is 0 Å². The van der Waals surface area contributed by atoms with Crippen molar-refractivity contribution >= 4 is 5.69 Å². The maximum absolute atomic E-state index is 10.8. The molecule has 1 aromatic carbocycles. The third-order valence-corrected chi connectivity index (χ3v) is 2.15. The first-order valence-corrected chi connectivity index (χ1v) is 4.90. The Morgan fingerprint density at radius 2 is 2.12 bits per heavy atom. The second kappa shape index (κ2) is 4.72. The van der Waals surface area contributed by atoms with Gasteiger partial charge in [-0.15, -0.1) is 0 Å². The maximum Gasteiger partial charge on any atom is 0.288 e. The van der Waals surface area contributed by atoms with E-state index in [1.165, 1.54) is 12.1 Å². The largest absolute Gasteiger partial charge is 0.454 e. The number of aliphatic hydroxyl groups excluding tert-OH is 1. The minimum atomic E-state index is -0.523. The third-order valence-electron chi connectivity index (χ3n) is 2.15. The summed E-state index contributed by atoms with van der Waals surface area (Å²) < 4.78 is 10.2. The van der Waals surface area contributed by atoms with Crippen molar-refractivity contribution < 1.29 is 19.5 Å². The van der Waals surface area contributed by atoms with Gasteiger partial charge in [0.25, 0.3) is 5.69 Å². The quantitative estimate of drug-likeness (QED) is 0.470. The maximum atomic E-state index is 10.8. The molecule has 1 heterocycles. The highest BCUT2D eigenvalue weighted by Gasteiger charge is 2.22. The van der Waals surface area contributed by atoms with Crippen molar-refractivity contribution in [1.82, 2.24) is 0 Å². The number of fused-ring (bicyclic) bond motifs is 1. The van der Waals surface area contributed by atoms with Gasteiger partial charge in [-0.2, -0.15) is 0 Å². The first kappa shape index (κ1) is 11.2. The number of nitro groups is 1. The van der Waals surface area contributed by atoms with E-state index in [0.717, 1.165) is 0 Å². The van der Waals surface area contributed by atoms with Crippen LogP contribution >= 0.6 is 0 Å². The van der Waals surface area contributed by atoms with E-state index in [0.29, 0.717) is 11.5 Å². The highest BCUT2D eigenvalue weighted by molar-refractivity contribution is 5.60. The Bertz CT molecular complexity index is 515. The zero-order valence-electron chi connectivity index (χ0n) is 8.80. The Morgan fingerprint density at radius 3 is 2.76 bits per heavy atom. The van der Waals surface area contributed by atoms with Crippen molar-refractivity contribution in [2.24, 2.45) is 0 Å². The molecular weight excluding hydrogens is 226 g/mol. The third kappa shape index (κ3) is 2.29. The predicted molar refractivity (Wildman–Crippen MR) is 57.8 cm³/mol. The second-order valence-corrected chi connectivity index (χ2v) is 3.26. The Balaban J connectivity index is 2.43. The summed E-state index contributed by atoms with van der Waals surface area (Å²) in [6.45, 7) is -0.0225. The zero-order valence-corrected chi connectivity index (χ0v) is 8.80. The van der Waals surface area contributed by atoms with Crippen LogP contribution in [0.5, 0.6) is 11.5 Å². The Labute approximate surface area is 96.9 Å². The molecule has 0 amide bonds. The van der Waals surface area contributed by atoms with Crippen LogP contribution in [0.15, 0.2) is 12.1 Å². The molecule has 0 aliphatic carbocycles. The van der Waals surface area contributed by atoms with Gasteiger partial charge in [-0.05, 0) is 0 Å². The summed E-state index contributed by atoms with van der Waals surface area (Å²) in [6.07, 6.45) is 0.269. The van der Waals surface area contributed by atoms with Crippen LogP contribution in [0.25, 0.3) is 0 Å². The number of nitro benzene ring substituents is 1. The summed E-state index contributed by atoms with van der Waals surface area (Å²) in [5.41, 5.74) is 0.132. The average Bonchev–Trinajstić information content (AvgIpc) is 2.75. The standard InChI is InChI=1S/C11H9NO5/c13-4-2-1-3-8-5-10-11(17-7-16-10)6-9(8)12(14)15/h5-6,13H,2,4,7H2. The van der Waals surface area contributed by atoms with Crippen molar-refractivity contribution in [3.05, 3.63) is 27.8 Å². The van der Waals surface area contributed by atoms with Gasteiger partial charge in [-0.3, -0.25) is 10.1 Å². The molecule has 1 aliphatic heterocycles. The lowest BCUT2D eigenvalue weighted by atomic mass is 10.1. The van der Waals surface area contributed by atoms with Crippen LogP contribution in [0, 0.1) is 22.0 Å². The van der Waals surface area contributed by atoms with Crippen molar-refractivity contribution in [3.63, 3.8) is 0 Å². The number of aliphatic hydroxyl groups is 1. The lowest BCUT2D eigenvalue weighted by Gasteiger charge is -1.98. The second-order valence-electron chi connectivity index (χ2n) is 3.26. The van der Waals surface area contributed by atoms with E-state index < -0.39 is 4.92 Å². The molecule has 1 aliphatic rings. The first-order chi connectivity index (χ1) is 8.22.